The van der Waals surface area contributed by atoms with Crippen molar-refractivity contribution in [3.05, 3.63) is 99.9 Å². The molecule has 6 nitrogen and oxygen atoms in total. The molecule has 1 saturated carbocycles. The van der Waals surface area contributed by atoms with Crippen LogP contribution in [0.5, 0.6) is 0 Å². The van der Waals surface area contributed by atoms with E-state index in [2.05, 4.69) is 16.0 Å². The van der Waals surface area contributed by atoms with Gasteiger partial charge in [0.25, 0.3) is 11.8 Å². The van der Waals surface area contributed by atoms with Crippen LogP contribution >= 0.6 is 11.3 Å². The summed E-state index contributed by atoms with van der Waals surface area (Å²) in [5.41, 5.74) is 6.02. The number of rotatable bonds is 8. The summed E-state index contributed by atoms with van der Waals surface area (Å²) in [4.78, 5) is 31.2. The molecular formula is C29H28N4O2S. The van der Waals surface area contributed by atoms with Crippen LogP contribution < -0.4 is 16.0 Å². The van der Waals surface area contributed by atoms with Gasteiger partial charge in [0.2, 0.25) is 0 Å². The normalized spacial score (nSPS) is 12.7. The van der Waals surface area contributed by atoms with Crippen LogP contribution in [0.25, 0.3) is 11.3 Å². The second-order valence-electron chi connectivity index (χ2n) is 9.08. The number of benzene rings is 3. The molecule has 7 heteroatoms. The molecule has 1 aromatic heterocycles. The fourth-order valence-electron chi connectivity index (χ4n) is 3.92. The average Bonchev–Trinajstić information content (AvgIpc) is 3.61. The van der Waals surface area contributed by atoms with Gasteiger partial charge in [0, 0.05) is 29.4 Å². The minimum Gasteiger partial charge on any atom is -0.349 e. The Balaban J connectivity index is 1.44. The zero-order valence-electron chi connectivity index (χ0n) is 20.3. The van der Waals surface area contributed by atoms with Crippen molar-refractivity contribution in [3.8, 4) is 11.3 Å². The monoisotopic (exact) mass is 496 g/mol. The van der Waals surface area contributed by atoms with E-state index >= 15 is 0 Å². The molecule has 1 fully saturated rings. The highest BCUT2D eigenvalue weighted by Gasteiger charge is 2.24. The van der Waals surface area contributed by atoms with Gasteiger partial charge in [-0.1, -0.05) is 72.0 Å². The lowest BCUT2D eigenvalue weighted by molar-refractivity contribution is 0.0944. The Morgan fingerprint density at radius 3 is 2.42 bits per heavy atom. The average molecular weight is 497 g/mol. The van der Waals surface area contributed by atoms with Gasteiger partial charge >= 0.3 is 0 Å². The molecule has 0 bridgehead atoms. The molecule has 5 rings (SSSR count). The molecule has 182 valence electrons. The van der Waals surface area contributed by atoms with E-state index < -0.39 is 0 Å². The van der Waals surface area contributed by atoms with E-state index in [1.165, 1.54) is 11.3 Å². The maximum atomic E-state index is 13.3. The summed E-state index contributed by atoms with van der Waals surface area (Å²) in [5, 5.41) is 10.0. The van der Waals surface area contributed by atoms with E-state index in [4.69, 9.17) is 4.98 Å². The Morgan fingerprint density at radius 1 is 0.917 bits per heavy atom. The van der Waals surface area contributed by atoms with E-state index in [1.807, 2.05) is 86.6 Å². The topological polar surface area (TPSA) is 83.1 Å². The molecule has 0 spiro atoms. The van der Waals surface area contributed by atoms with Gasteiger partial charge in [0.05, 0.1) is 5.69 Å². The highest BCUT2D eigenvalue weighted by molar-refractivity contribution is 7.18. The van der Waals surface area contributed by atoms with Crippen molar-refractivity contribution in [2.45, 2.75) is 39.3 Å². The molecule has 1 aliphatic rings. The summed E-state index contributed by atoms with van der Waals surface area (Å²) >= 11 is 1.31. The summed E-state index contributed by atoms with van der Waals surface area (Å²) in [6, 6.07) is 23.6. The molecule has 1 aliphatic carbocycles. The summed E-state index contributed by atoms with van der Waals surface area (Å²) in [7, 11) is 0. The second kappa shape index (κ2) is 10.3. The number of aromatic nitrogens is 1. The molecular weight excluding hydrogens is 468 g/mol. The Labute approximate surface area is 214 Å². The van der Waals surface area contributed by atoms with Gasteiger partial charge in [0.15, 0.2) is 5.13 Å². The smallest absolute Gasteiger partial charge is 0.264 e. The van der Waals surface area contributed by atoms with Crippen LogP contribution in [-0.2, 0) is 6.54 Å². The van der Waals surface area contributed by atoms with Crippen LogP contribution in [0.15, 0.2) is 72.8 Å². The van der Waals surface area contributed by atoms with E-state index in [9.17, 15) is 9.59 Å². The maximum Gasteiger partial charge on any atom is 0.264 e. The molecule has 0 unspecified atom stereocenters. The van der Waals surface area contributed by atoms with Gasteiger partial charge in [-0.15, -0.1) is 0 Å². The third kappa shape index (κ3) is 5.47. The van der Waals surface area contributed by atoms with Crippen LogP contribution in [0.4, 0.5) is 10.8 Å². The fraction of sp³-hybridized carbons (Fsp3) is 0.207. The van der Waals surface area contributed by atoms with Gasteiger partial charge in [-0.05, 0) is 55.5 Å². The lowest BCUT2D eigenvalue weighted by Crippen LogP contribution is -2.25. The molecule has 4 aromatic rings. The zero-order chi connectivity index (χ0) is 25.1. The lowest BCUT2D eigenvalue weighted by atomic mass is 10.0. The number of hydrogen-bond donors (Lipinski definition) is 3. The van der Waals surface area contributed by atoms with Crippen molar-refractivity contribution < 1.29 is 9.59 Å². The van der Waals surface area contributed by atoms with Crippen LogP contribution in [0.1, 0.15) is 49.6 Å². The van der Waals surface area contributed by atoms with Gasteiger partial charge in [-0.25, -0.2) is 4.98 Å². The first kappa shape index (κ1) is 23.8. The molecule has 3 aromatic carbocycles. The summed E-state index contributed by atoms with van der Waals surface area (Å²) in [6.45, 7) is 4.43. The third-order valence-electron chi connectivity index (χ3n) is 6.18. The number of nitrogens with zero attached hydrogens (tertiary/aromatic N) is 1. The van der Waals surface area contributed by atoms with Gasteiger partial charge in [0.1, 0.15) is 4.88 Å². The molecule has 3 N–H and O–H groups in total. The van der Waals surface area contributed by atoms with Crippen LogP contribution in [-0.4, -0.2) is 22.8 Å². The summed E-state index contributed by atoms with van der Waals surface area (Å²) in [5.74, 6) is -0.238. The summed E-state index contributed by atoms with van der Waals surface area (Å²) < 4.78 is 0. The number of amides is 2. The number of carbonyl (C=O) groups excluding carboxylic acids is 2. The molecule has 0 aliphatic heterocycles. The molecule has 36 heavy (non-hydrogen) atoms. The number of hydrogen-bond acceptors (Lipinski definition) is 5. The number of carbonyl (C=O) groups is 2. The van der Waals surface area contributed by atoms with Gasteiger partial charge < -0.3 is 16.0 Å². The largest absolute Gasteiger partial charge is 0.349 e. The van der Waals surface area contributed by atoms with Crippen molar-refractivity contribution in [2.75, 3.05) is 5.32 Å². The highest BCUT2D eigenvalue weighted by atomic mass is 32.1. The predicted molar refractivity (Wildman–Crippen MR) is 145 cm³/mol. The minimum absolute atomic E-state index is 0.0683. The minimum atomic E-state index is -0.170. The van der Waals surface area contributed by atoms with Crippen LogP contribution in [0.3, 0.4) is 0 Å². The first-order chi connectivity index (χ1) is 17.5. The van der Waals surface area contributed by atoms with E-state index in [-0.39, 0.29) is 11.8 Å². The van der Waals surface area contributed by atoms with Gasteiger partial charge in [-0.2, -0.15) is 0 Å². The van der Waals surface area contributed by atoms with E-state index in [1.54, 1.807) is 0 Å². The zero-order valence-corrected chi connectivity index (χ0v) is 21.1. The standard InChI is InChI=1S/C29H28N4O2S/c1-18-8-6-7-11-23(18)25-26(28(35)30-17-20-9-4-3-5-10-20)36-29(33-25)32-24-16-21(13-12-19(24)2)27(34)31-22-14-15-22/h3-13,16,22H,14-15,17H2,1-2H3,(H,30,35)(H,31,34)(H,32,33). The van der Waals surface area contributed by atoms with Crippen molar-refractivity contribution in [2.24, 2.45) is 0 Å². The Bertz CT molecular complexity index is 1410. The quantitative estimate of drug-likeness (QED) is 0.280. The van der Waals surface area contributed by atoms with Crippen LogP contribution in [0, 0.1) is 13.8 Å². The Hall–Kier alpha value is -3.97. The predicted octanol–water partition coefficient (Wildman–Crippen LogP) is 5.99. The van der Waals surface area contributed by atoms with Crippen molar-refractivity contribution in [1.29, 1.82) is 0 Å². The fourth-order valence-corrected chi connectivity index (χ4v) is 4.83. The molecule has 0 atom stereocenters. The highest BCUT2D eigenvalue weighted by Crippen LogP contribution is 2.35. The third-order valence-corrected chi connectivity index (χ3v) is 7.15. The molecule has 1 heterocycles. The first-order valence-corrected chi connectivity index (χ1v) is 12.9. The lowest BCUT2D eigenvalue weighted by Gasteiger charge is -2.10. The molecule has 0 saturated heterocycles. The van der Waals surface area contributed by atoms with E-state index in [0.29, 0.717) is 33.9 Å². The first-order valence-electron chi connectivity index (χ1n) is 12.1. The van der Waals surface area contributed by atoms with Crippen molar-refractivity contribution in [3.63, 3.8) is 0 Å². The molecule has 0 radical (unpaired) electrons. The van der Waals surface area contributed by atoms with Gasteiger partial charge in [-0.3, -0.25) is 9.59 Å². The molecule has 2 amide bonds. The number of thiazole rings is 1. The van der Waals surface area contributed by atoms with E-state index in [0.717, 1.165) is 40.8 Å². The van der Waals surface area contributed by atoms with Crippen molar-refractivity contribution in [1.82, 2.24) is 15.6 Å². The van der Waals surface area contributed by atoms with Crippen molar-refractivity contribution >= 4 is 34.0 Å². The maximum absolute atomic E-state index is 13.3. The Morgan fingerprint density at radius 2 is 1.67 bits per heavy atom. The SMILES string of the molecule is Cc1ccc(C(=O)NC2CC2)cc1Nc1nc(-c2ccccc2C)c(C(=O)NCc2ccccc2)s1. The Kier molecular flexibility index (Phi) is 6.82. The number of anilines is 2. The van der Waals surface area contributed by atoms with Crippen LogP contribution in [0.2, 0.25) is 0 Å². The summed E-state index contributed by atoms with van der Waals surface area (Å²) in [6.07, 6.45) is 2.08. The number of nitrogens with one attached hydrogen (secondary N) is 3. The second-order valence-corrected chi connectivity index (χ2v) is 10.1. The number of aryl methyl sites for hydroxylation is 2.